The molecule has 164 valence electrons. The number of hydrogen-bond acceptors (Lipinski definition) is 5. The Morgan fingerprint density at radius 3 is 2.48 bits per heavy atom. The zero-order valence-corrected chi connectivity index (χ0v) is 17.9. The molecule has 1 aromatic carbocycles. The summed E-state index contributed by atoms with van der Waals surface area (Å²) in [6, 6.07) is 5.82. The van der Waals surface area contributed by atoms with Crippen molar-refractivity contribution in [3.05, 3.63) is 29.8 Å². The summed E-state index contributed by atoms with van der Waals surface area (Å²) in [5, 5.41) is 19.3. The van der Waals surface area contributed by atoms with E-state index in [0.717, 1.165) is 23.6 Å². The summed E-state index contributed by atoms with van der Waals surface area (Å²) >= 11 is 0. The molecule has 0 amide bonds. The standard InChI is InChI=1S/C19H32N4O5S/c1-3-4-13-29(26,27)23(2)17(18(24)25)14-15-7-9-16(10-8-15)28-12-6-5-11-22-19(20)21/h7-10,17H,3-6,11-14H2,1-2H3,(H,24,25)(H4,20,21,22)/t17-/m0/s1. The molecule has 10 heteroatoms. The Morgan fingerprint density at radius 2 is 1.93 bits per heavy atom. The Kier molecular flexibility index (Phi) is 10.5. The van der Waals surface area contributed by atoms with Crippen molar-refractivity contribution in [2.45, 2.75) is 45.1 Å². The number of hydrogen-bond donors (Lipinski definition) is 4. The van der Waals surface area contributed by atoms with Crippen molar-refractivity contribution in [3.63, 3.8) is 0 Å². The van der Waals surface area contributed by atoms with Crippen LogP contribution in [0.3, 0.4) is 0 Å². The molecule has 9 nitrogen and oxygen atoms in total. The third-order valence-electron chi connectivity index (χ3n) is 4.43. The number of nitrogens with zero attached hydrogens (tertiary/aromatic N) is 1. The van der Waals surface area contributed by atoms with Crippen LogP contribution in [0.15, 0.2) is 24.3 Å². The lowest BCUT2D eigenvalue weighted by atomic mass is 10.1. The molecule has 29 heavy (non-hydrogen) atoms. The summed E-state index contributed by atoms with van der Waals surface area (Å²) in [5.74, 6) is -0.625. The highest BCUT2D eigenvalue weighted by molar-refractivity contribution is 7.89. The van der Waals surface area contributed by atoms with Crippen molar-refractivity contribution >= 4 is 22.0 Å². The molecular weight excluding hydrogens is 396 g/mol. The monoisotopic (exact) mass is 428 g/mol. The number of nitrogens with two attached hydrogens (primary N) is 1. The van der Waals surface area contributed by atoms with Crippen molar-refractivity contribution in [2.24, 2.45) is 5.73 Å². The maximum Gasteiger partial charge on any atom is 0.322 e. The van der Waals surface area contributed by atoms with Gasteiger partial charge in [0.2, 0.25) is 10.0 Å². The molecule has 0 aliphatic rings. The molecule has 0 unspecified atom stereocenters. The van der Waals surface area contributed by atoms with Crippen molar-refractivity contribution in [1.82, 2.24) is 9.62 Å². The number of unbranched alkanes of at least 4 members (excludes halogenated alkanes) is 2. The van der Waals surface area contributed by atoms with Crippen LogP contribution in [0, 0.1) is 5.41 Å². The summed E-state index contributed by atoms with van der Waals surface area (Å²) in [5.41, 5.74) is 5.91. The van der Waals surface area contributed by atoms with Gasteiger partial charge in [-0.25, -0.2) is 8.42 Å². The fourth-order valence-electron chi connectivity index (χ4n) is 2.62. The van der Waals surface area contributed by atoms with Crippen molar-refractivity contribution < 1.29 is 23.1 Å². The van der Waals surface area contributed by atoms with E-state index >= 15 is 0 Å². The minimum atomic E-state index is -3.62. The summed E-state index contributed by atoms with van der Waals surface area (Å²) in [4.78, 5) is 11.6. The number of sulfonamides is 1. The molecule has 0 aliphatic carbocycles. The van der Waals surface area contributed by atoms with Gasteiger partial charge in [0.05, 0.1) is 12.4 Å². The zero-order chi connectivity index (χ0) is 21.9. The SMILES string of the molecule is CCCCS(=O)(=O)N(C)[C@@H](Cc1ccc(OCCCCNC(=N)N)cc1)C(=O)O. The van der Waals surface area contributed by atoms with E-state index in [4.69, 9.17) is 15.9 Å². The molecule has 1 rings (SSSR count). The first-order chi connectivity index (χ1) is 13.7. The number of guanidine groups is 1. The average molecular weight is 429 g/mol. The van der Waals surface area contributed by atoms with E-state index < -0.39 is 22.0 Å². The maximum absolute atomic E-state index is 12.3. The number of carbonyl (C=O) groups is 1. The van der Waals surface area contributed by atoms with Crippen LogP contribution >= 0.6 is 0 Å². The maximum atomic E-state index is 12.3. The van der Waals surface area contributed by atoms with Crippen LogP contribution in [0.2, 0.25) is 0 Å². The van der Waals surface area contributed by atoms with E-state index in [2.05, 4.69) is 5.32 Å². The normalized spacial score (nSPS) is 12.5. The molecule has 1 aromatic rings. The van der Waals surface area contributed by atoms with E-state index in [1.165, 1.54) is 7.05 Å². The van der Waals surface area contributed by atoms with Gasteiger partial charge in [0, 0.05) is 13.6 Å². The Balaban J connectivity index is 2.60. The van der Waals surface area contributed by atoms with Crippen LogP contribution in [0.5, 0.6) is 5.75 Å². The van der Waals surface area contributed by atoms with E-state index in [1.54, 1.807) is 24.3 Å². The highest BCUT2D eigenvalue weighted by atomic mass is 32.2. The van der Waals surface area contributed by atoms with Gasteiger partial charge in [-0.2, -0.15) is 4.31 Å². The number of ether oxygens (including phenoxy) is 1. The molecular formula is C19H32N4O5S. The Morgan fingerprint density at radius 1 is 1.28 bits per heavy atom. The fourth-order valence-corrected chi connectivity index (χ4v) is 4.12. The van der Waals surface area contributed by atoms with Crippen molar-refractivity contribution in [1.29, 1.82) is 5.41 Å². The first-order valence-corrected chi connectivity index (χ1v) is 11.3. The van der Waals surface area contributed by atoms with Crippen LogP contribution in [0.25, 0.3) is 0 Å². The van der Waals surface area contributed by atoms with Gasteiger partial charge in [-0.05, 0) is 43.4 Å². The molecule has 1 atom stereocenters. The first-order valence-electron chi connectivity index (χ1n) is 9.65. The molecule has 0 aliphatic heterocycles. The van der Waals surface area contributed by atoms with Crippen LogP contribution in [0.4, 0.5) is 0 Å². The van der Waals surface area contributed by atoms with Crippen LogP contribution < -0.4 is 15.8 Å². The molecule has 0 saturated heterocycles. The highest BCUT2D eigenvalue weighted by Gasteiger charge is 2.31. The number of carboxylic acid groups (broad SMARTS) is 1. The molecule has 0 radical (unpaired) electrons. The van der Waals surface area contributed by atoms with E-state index in [-0.39, 0.29) is 18.1 Å². The van der Waals surface area contributed by atoms with Crippen molar-refractivity contribution in [2.75, 3.05) is 26.0 Å². The van der Waals surface area contributed by atoms with Crippen LogP contribution in [0.1, 0.15) is 38.2 Å². The summed E-state index contributed by atoms with van der Waals surface area (Å²) < 4.78 is 31.3. The molecule has 0 saturated carbocycles. The van der Waals surface area contributed by atoms with E-state index in [9.17, 15) is 18.3 Å². The van der Waals surface area contributed by atoms with Gasteiger partial charge in [0.15, 0.2) is 5.96 Å². The zero-order valence-electron chi connectivity index (χ0n) is 17.1. The minimum absolute atomic E-state index is 0.0509. The number of carboxylic acids is 1. The largest absolute Gasteiger partial charge is 0.494 e. The van der Waals surface area contributed by atoms with Gasteiger partial charge in [0.25, 0.3) is 0 Å². The summed E-state index contributed by atoms with van der Waals surface area (Å²) in [6.45, 7) is 3.01. The Labute approximate surface area is 172 Å². The third kappa shape index (κ3) is 9.14. The lowest BCUT2D eigenvalue weighted by Gasteiger charge is -2.24. The van der Waals surface area contributed by atoms with Gasteiger partial charge < -0.3 is 20.9 Å². The number of benzene rings is 1. The number of aliphatic carboxylic acids is 1. The van der Waals surface area contributed by atoms with E-state index in [1.807, 2.05) is 6.92 Å². The second-order valence-electron chi connectivity index (χ2n) is 6.78. The van der Waals surface area contributed by atoms with Gasteiger partial charge >= 0.3 is 5.97 Å². The molecule has 5 N–H and O–H groups in total. The van der Waals surface area contributed by atoms with Gasteiger partial charge in [0.1, 0.15) is 11.8 Å². The quantitative estimate of drug-likeness (QED) is 0.199. The Bertz CT molecular complexity index is 752. The number of likely N-dealkylation sites (N-methyl/N-ethyl adjacent to an activating group) is 1. The van der Waals surface area contributed by atoms with Gasteiger partial charge in [-0.15, -0.1) is 0 Å². The second kappa shape index (κ2) is 12.3. The molecule has 0 fully saturated rings. The lowest BCUT2D eigenvalue weighted by Crippen LogP contribution is -2.44. The van der Waals surface area contributed by atoms with E-state index in [0.29, 0.717) is 30.9 Å². The summed E-state index contributed by atoms with van der Waals surface area (Å²) in [6.07, 6.45) is 2.91. The lowest BCUT2D eigenvalue weighted by molar-refractivity contribution is -0.141. The third-order valence-corrected chi connectivity index (χ3v) is 6.36. The molecule has 0 aromatic heterocycles. The number of nitrogens with one attached hydrogen (secondary N) is 2. The van der Waals surface area contributed by atoms with Crippen LogP contribution in [-0.4, -0.2) is 61.8 Å². The second-order valence-corrected chi connectivity index (χ2v) is 8.93. The van der Waals surface area contributed by atoms with Crippen LogP contribution in [-0.2, 0) is 21.2 Å². The highest BCUT2D eigenvalue weighted by Crippen LogP contribution is 2.17. The molecule has 0 spiro atoms. The molecule has 0 heterocycles. The average Bonchev–Trinajstić information content (AvgIpc) is 2.67. The van der Waals surface area contributed by atoms with Gasteiger partial charge in [-0.3, -0.25) is 10.2 Å². The first kappa shape index (κ1) is 24.7. The predicted octanol–water partition coefficient (Wildman–Crippen LogP) is 1.39. The molecule has 0 bridgehead atoms. The number of rotatable bonds is 14. The summed E-state index contributed by atoms with van der Waals surface area (Å²) in [7, 11) is -2.30. The smallest absolute Gasteiger partial charge is 0.322 e. The predicted molar refractivity (Wildman–Crippen MR) is 113 cm³/mol. The fraction of sp³-hybridized carbons (Fsp3) is 0.579. The van der Waals surface area contributed by atoms with Crippen molar-refractivity contribution in [3.8, 4) is 5.75 Å². The topological polar surface area (TPSA) is 146 Å². The van der Waals surface area contributed by atoms with Gasteiger partial charge in [-0.1, -0.05) is 25.5 Å². The Hall–Kier alpha value is -2.33. The minimum Gasteiger partial charge on any atom is -0.494 e.